The van der Waals surface area contributed by atoms with E-state index in [0.29, 0.717) is 50.8 Å². The Bertz CT molecular complexity index is 665. The Morgan fingerprint density at radius 3 is 2.43 bits per heavy atom. The second-order valence-electron chi connectivity index (χ2n) is 4.67. The summed E-state index contributed by atoms with van der Waals surface area (Å²) in [6.07, 6.45) is 0. The molecule has 0 aliphatic carbocycles. The van der Waals surface area contributed by atoms with Gasteiger partial charge in [-0.15, -0.1) is 0 Å². The third-order valence-corrected chi connectivity index (χ3v) is 2.99. The number of hydrogen-bond acceptors (Lipinski definition) is 7. The summed E-state index contributed by atoms with van der Waals surface area (Å²) in [6.45, 7) is 2.86. The Hall–Kier alpha value is -2.09. The molecule has 23 heavy (non-hydrogen) atoms. The lowest BCUT2D eigenvalue weighted by Gasteiger charge is -2.08. The first-order valence-electron chi connectivity index (χ1n) is 7.25. The maximum Gasteiger partial charge on any atom is 0.339 e. The molecule has 1 aromatic heterocycles. The molecule has 0 aliphatic heterocycles. The molecule has 2 aromatic rings. The van der Waals surface area contributed by atoms with E-state index in [9.17, 15) is 9.90 Å². The van der Waals surface area contributed by atoms with E-state index in [2.05, 4.69) is 0 Å². The van der Waals surface area contributed by atoms with Crippen LogP contribution in [0.5, 0.6) is 11.5 Å². The fourth-order valence-corrected chi connectivity index (χ4v) is 1.90. The van der Waals surface area contributed by atoms with E-state index >= 15 is 0 Å². The molecule has 0 bridgehead atoms. The van der Waals surface area contributed by atoms with Crippen molar-refractivity contribution >= 4 is 11.0 Å². The molecule has 0 saturated carbocycles. The minimum absolute atomic E-state index is 0.111. The lowest BCUT2D eigenvalue weighted by atomic mass is 10.2. The van der Waals surface area contributed by atoms with Gasteiger partial charge >= 0.3 is 5.63 Å². The number of fused-ring (bicyclic) bond motifs is 1. The summed E-state index contributed by atoms with van der Waals surface area (Å²) in [5.74, 6) is 0.422. The fourth-order valence-electron chi connectivity index (χ4n) is 1.90. The number of benzene rings is 1. The van der Waals surface area contributed by atoms with Gasteiger partial charge in [0, 0.05) is 13.2 Å². The summed E-state index contributed by atoms with van der Waals surface area (Å²) in [6, 6.07) is 5.92. The summed E-state index contributed by atoms with van der Waals surface area (Å²) in [5, 5.41) is 10.1. The monoisotopic (exact) mass is 324 g/mol. The maximum absolute atomic E-state index is 11.2. The molecule has 0 fully saturated rings. The van der Waals surface area contributed by atoms with Crippen LogP contribution in [0.15, 0.2) is 33.5 Å². The minimum atomic E-state index is -0.607. The molecule has 7 heteroatoms. The van der Waals surface area contributed by atoms with Crippen LogP contribution in [-0.4, -0.2) is 51.9 Å². The molecule has 2 rings (SSSR count). The third-order valence-electron chi connectivity index (χ3n) is 2.99. The summed E-state index contributed by atoms with van der Waals surface area (Å²) >= 11 is 0. The smallest absolute Gasteiger partial charge is 0.339 e. The zero-order chi connectivity index (χ0) is 16.5. The fraction of sp³-hybridized carbons (Fsp3) is 0.438. The summed E-state index contributed by atoms with van der Waals surface area (Å²) < 4.78 is 26.0. The predicted molar refractivity (Wildman–Crippen MR) is 83.2 cm³/mol. The largest absolute Gasteiger partial charge is 0.507 e. The summed E-state index contributed by atoms with van der Waals surface area (Å²) in [4.78, 5) is 11.2. The van der Waals surface area contributed by atoms with Crippen molar-refractivity contribution in [1.29, 1.82) is 0 Å². The predicted octanol–water partition coefficient (Wildman–Crippen LogP) is 1.56. The zero-order valence-corrected chi connectivity index (χ0v) is 12.9. The summed E-state index contributed by atoms with van der Waals surface area (Å²) in [7, 11) is 1.62. The van der Waals surface area contributed by atoms with Crippen LogP contribution in [-0.2, 0) is 14.2 Å². The van der Waals surface area contributed by atoms with Gasteiger partial charge in [0.05, 0.1) is 44.5 Å². The van der Waals surface area contributed by atoms with Crippen LogP contribution in [0.3, 0.4) is 0 Å². The van der Waals surface area contributed by atoms with Gasteiger partial charge in [-0.05, 0) is 12.1 Å². The number of ether oxygens (including phenoxy) is 4. The highest BCUT2D eigenvalue weighted by Gasteiger charge is 2.05. The number of hydrogen-bond donors (Lipinski definition) is 1. The molecule has 0 radical (unpaired) electrons. The second kappa shape index (κ2) is 9.14. The third kappa shape index (κ3) is 5.55. The van der Waals surface area contributed by atoms with Crippen molar-refractivity contribution in [2.24, 2.45) is 0 Å². The summed E-state index contributed by atoms with van der Waals surface area (Å²) in [5.41, 5.74) is -0.330. The zero-order valence-electron chi connectivity index (χ0n) is 12.9. The molecule has 1 N–H and O–H groups in total. The second-order valence-corrected chi connectivity index (χ2v) is 4.67. The Kier molecular flexibility index (Phi) is 6.86. The van der Waals surface area contributed by atoms with Crippen molar-refractivity contribution in [3.05, 3.63) is 34.7 Å². The van der Waals surface area contributed by atoms with Gasteiger partial charge in [0.2, 0.25) is 0 Å². The van der Waals surface area contributed by atoms with Gasteiger partial charge in [-0.1, -0.05) is 0 Å². The quantitative estimate of drug-likeness (QED) is 0.524. The van der Waals surface area contributed by atoms with E-state index < -0.39 is 5.63 Å². The number of rotatable bonds is 10. The lowest BCUT2D eigenvalue weighted by Crippen LogP contribution is -2.12. The van der Waals surface area contributed by atoms with Crippen LogP contribution in [0.1, 0.15) is 0 Å². The van der Waals surface area contributed by atoms with Gasteiger partial charge in [0.25, 0.3) is 0 Å². The first-order valence-corrected chi connectivity index (χ1v) is 7.25. The van der Waals surface area contributed by atoms with Crippen LogP contribution in [0.4, 0.5) is 0 Å². The molecule has 0 unspecified atom stereocenters. The van der Waals surface area contributed by atoms with E-state index in [-0.39, 0.29) is 11.3 Å². The molecule has 7 nitrogen and oxygen atoms in total. The Morgan fingerprint density at radius 2 is 1.70 bits per heavy atom. The Morgan fingerprint density at radius 1 is 1.00 bits per heavy atom. The first kappa shape index (κ1) is 17.3. The van der Waals surface area contributed by atoms with E-state index in [4.69, 9.17) is 23.4 Å². The molecule has 0 spiro atoms. The highest BCUT2D eigenvalue weighted by Crippen LogP contribution is 2.26. The van der Waals surface area contributed by atoms with E-state index in [1.54, 1.807) is 25.3 Å². The molecular formula is C16H20O7. The van der Waals surface area contributed by atoms with Gasteiger partial charge in [-0.2, -0.15) is 0 Å². The van der Waals surface area contributed by atoms with Crippen molar-refractivity contribution < 1.29 is 28.5 Å². The maximum atomic E-state index is 11.2. The molecule has 1 heterocycles. The normalized spacial score (nSPS) is 11.0. The molecule has 126 valence electrons. The van der Waals surface area contributed by atoms with Gasteiger partial charge < -0.3 is 28.5 Å². The van der Waals surface area contributed by atoms with Crippen LogP contribution in [0.25, 0.3) is 11.0 Å². The standard InChI is InChI=1S/C16H20O7/c1-19-4-5-20-6-7-21-8-9-22-12-2-3-13-14(17)11-16(18)23-15(13)10-12/h2-3,10-11,17H,4-9H2,1H3. The molecule has 0 amide bonds. The van der Waals surface area contributed by atoms with E-state index in [1.807, 2.05) is 0 Å². The van der Waals surface area contributed by atoms with Crippen LogP contribution < -0.4 is 10.4 Å². The van der Waals surface area contributed by atoms with Crippen molar-refractivity contribution in [2.75, 3.05) is 46.8 Å². The van der Waals surface area contributed by atoms with Crippen molar-refractivity contribution in [3.8, 4) is 11.5 Å². The van der Waals surface area contributed by atoms with Crippen molar-refractivity contribution in [1.82, 2.24) is 0 Å². The van der Waals surface area contributed by atoms with Gasteiger partial charge in [0.15, 0.2) is 0 Å². The molecule has 0 saturated heterocycles. The highest BCUT2D eigenvalue weighted by molar-refractivity contribution is 5.83. The molecule has 0 atom stereocenters. The number of aromatic hydroxyl groups is 1. The average molecular weight is 324 g/mol. The van der Waals surface area contributed by atoms with Crippen LogP contribution in [0.2, 0.25) is 0 Å². The first-order chi connectivity index (χ1) is 11.2. The molecular weight excluding hydrogens is 304 g/mol. The topological polar surface area (TPSA) is 87.4 Å². The highest BCUT2D eigenvalue weighted by atomic mass is 16.6. The Balaban J connectivity index is 1.72. The molecule has 0 aliphatic rings. The molecule has 1 aromatic carbocycles. The van der Waals surface area contributed by atoms with Crippen molar-refractivity contribution in [3.63, 3.8) is 0 Å². The van der Waals surface area contributed by atoms with E-state index in [0.717, 1.165) is 6.07 Å². The lowest BCUT2D eigenvalue weighted by molar-refractivity contribution is 0.0180. The van der Waals surface area contributed by atoms with E-state index in [1.165, 1.54) is 0 Å². The van der Waals surface area contributed by atoms with Gasteiger partial charge in [-0.25, -0.2) is 4.79 Å². The van der Waals surface area contributed by atoms with Crippen LogP contribution in [0, 0.1) is 0 Å². The van der Waals surface area contributed by atoms with Crippen molar-refractivity contribution in [2.45, 2.75) is 0 Å². The Labute approximate surface area is 133 Å². The van der Waals surface area contributed by atoms with Gasteiger partial charge in [-0.3, -0.25) is 0 Å². The minimum Gasteiger partial charge on any atom is -0.507 e. The number of methoxy groups -OCH3 is 1. The SMILES string of the molecule is COCCOCCOCCOc1ccc2c(O)cc(=O)oc2c1. The van der Waals surface area contributed by atoms with Gasteiger partial charge in [0.1, 0.15) is 23.7 Å². The van der Waals surface area contributed by atoms with Crippen LogP contribution >= 0.6 is 0 Å². The average Bonchev–Trinajstić information content (AvgIpc) is 2.53.